The molecule has 2 atom stereocenters. The SMILES string of the molecule is CC(=O)N(CCC(C)CCCC(C)CCCC(=O)[Se]c1ccccc1)C1=CCCCC1. The van der Waals surface area contributed by atoms with Crippen molar-refractivity contribution in [2.24, 2.45) is 11.8 Å². The Morgan fingerprint density at radius 2 is 1.65 bits per heavy atom. The zero-order valence-corrected chi connectivity index (χ0v) is 21.5. The van der Waals surface area contributed by atoms with Crippen molar-refractivity contribution in [2.45, 2.75) is 91.4 Å². The third-order valence-electron chi connectivity index (χ3n) is 6.29. The van der Waals surface area contributed by atoms with Crippen LogP contribution in [0.5, 0.6) is 0 Å². The smallest absolute Gasteiger partial charge is 0.0167 e. The summed E-state index contributed by atoms with van der Waals surface area (Å²) in [6.07, 6.45) is 14.6. The van der Waals surface area contributed by atoms with Gasteiger partial charge in [-0.05, 0) is 25.7 Å². The summed E-state index contributed by atoms with van der Waals surface area (Å²) in [6.45, 7) is 7.21. The van der Waals surface area contributed by atoms with Crippen LogP contribution in [-0.4, -0.2) is 37.0 Å². The summed E-state index contributed by atoms with van der Waals surface area (Å²) in [6, 6.07) is 10.1. The molecular weight excluding hydrogens is 449 g/mol. The van der Waals surface area contributed by atoms with Gasteiger partial charge in [0.05, 0.1) is 0 Å². The Morgan fingerprint density at radius 1 is 0.968 bits per heavy atom. The Labute approximate surface area is 196 Å². The molecule has 0 N–H and O–H groups in total. The molecular formula is C27H41NO2Se. The first-order valence-corrected chi connectivity index (χ1v) is 13.9. The number of allylic oxidation sites excluding steroid dienone is 2. The number of rotatable bonds is 14. The van der Waals surface area contributed by atoms with Crippen LogP contribution >= 0.6 is 0 Å². The van der Waals surface area contributed by atoms with Gasteiger partial charge in [-0.25, -0.2) is 0 Å². The second kappa shape index (κ2) is 14.6. The van der Waals surface area contributed by atoms with Gasteiger partial charge < -0.3 is 0 Å². The molecule has 0 aromatic heterocycles. The molecule has 31 heavy (non-hydrogen) atoms. The van der Waals surface area contributed by atoms with E-state index in [1.165, 1.54) is 42.3 Å². The van der Waals surface area contributed by atoms with Crippen molar-refractivity contribution in [3.05, 3.63) is 42.1 Å². The molecule has 0 heterocycles. The van der Waals surface area contributed by atoms with Crippen LogP contribution in [0.15, 0.2) is 42.1 Å². The molecule has 0 saturated carbocycles. The van der Waals surface area contributed by atoms with Crippen LogP contribution in [0, 0.1) is 11.8 Å². The number of benzene rings is 1. The fourth-order valence-corrected chi connectivity index (χ4v) is 5.97. The average Bonchev–Trinajstić information content (AvgIpc) is 2.75. The van der Waals surface area contributed by atoms with Crippen molar-refractivity contribution in [3.63, 3.8) is 0 Å². The van der Waals surface area contributed by atoms with E-state index in [0.717, 1.165) is 45.1 Å². The third kappa shape index (κ3) is 10.7. The predicted molar refractivity (Wildman–Crippen MR) is 131 cm³/mol. The van der Waals surface area contributed by atoms with Crippen molar-refractivity contribution in [1.82, 2.24) is 4.90 Å². The molecule has 1 aliphatic carbocycles. The monoisotopic (exact) mass is 491 g/mol. The van der Waals surface area contributed by atoms with Gasteiger partial charge in [-0.15, -0.1) is 0 Å². The first-order chi connectivity index (χ1) is 15.0. The van der Waals surface area contributed by atoms with Crippen molar-refractivity contribution < 1.29 is 9.59 Å². The van der Waals surface area contributed by atoms with Gasteiger partial charge in [-0.1, -0.05) is 6.08 Å². The van der Waals surface area contributed by atoms with Crippen LogP contribution in [0.4, 0.5) is 0 Å². The number of carbonyl (C=O) groups excluding carboxylic acids is 2. The molecule has 0 aliphatic heterocycles. The zero-order valence-electron chi connectivity index (χ0n) is 19.8. The molecule has 4 heteroatoms. The number of carbonyl (C=O) groups is 2. The fraction of sp³-hybridized carbons (Fsp3) is 0.630. The predicted octanol–water partition coefficient (Wildman–Crippen LogP) is 5.85. The number of hydrogen-bond donors (Lipinski definition) is 0. The molecule has 0 fully saturated rings. The number of hydrogen-bond acceptors (Lipinski definition) is 2. The summed E-state index contributed by atoms with van der Waals surface area (Å²) < 4.78 is 1.60. The van der Waals surface area contributed by atoms with Gasteiger partial charge >= 0.3 is 141 Å². The average molecular weight is 491 g/mol. The van der Waals surface area contributed by atoms with Crippen LogP contribution < -0.4 is 4.46 Å². The standard InChI is InChI=1S/C27H41NO2Se/c1-22(14-11-19-27(30)31-26-17-8-5-9-18-26)12-10-13-23(2)20-21-28(24(3)29)25-15-6-4-7-16-25/h5,8-9,15,17-18,22-23H,4,6-7,10-14,16,19-21H2,1-3H3. The number of amides is 1. The Kier molecular flexibility index (Phi) is 12.2. The van der Waals surface area contributed by atoms with Crippen LogP contribution in [0.25, 0.3) is 0 Å². The van der Waals surface area contributed by atoms with Crippen LogP contribution in [0.3, 0.4) is 0 Å². The number of nitrogens with zero attached hydrogens (tertiary/aromatic N) is 1. The van der Waals surface area contributed by atoms with E-state index < -0.39 is 0 Å². The van der Waals surface area contributed by atoms with E-state index in [0.29, 0.717) is 16.5 Å². The van der Waals surface area contributed by atoms with Gasteiger partial charge in [0.2, 0.25) is 5.91 Å². The summed E-state index contributed by atoms with van der Waals surface area (Å²) in [4.78, 5) is 26.3. The van der Waals surface area contributed by atoms with Crippen LogP contribution in [0.2, 0.25) is 0 Å². The molecule has 1 aromatic carbocycles. The maximum absolute atomic E-state index is 12.2. The van der Waals surface area contributed by atoms with E-state index in [9.17, 15) is 9.59 Å². The first kappa shape index (κ1) is 25.9. The summed E-state index contributed by atoms with van der Waals surface area (Å²) in [5.41, 5.74) is 1.25. The van der Waals surface area contributed by atoms with E-state index in [1.54, 1.807) is 6.92 Å². The maximum Gasteiger partial charge on any atom is 0.0167 e. The van der Waals surface area contributed by atoms with Crippen LogP contribution in [-0.2, 0) is 9.59 Å². The first-order valence-electron chi connectivity index (χ1n) is 12.2. The largest absolute Gasteiger partial charge is 0.0648 e. The van der Waals surface area contributed by atoms with Crippen molar-refractivity contribution >= 4 is 30.0 Å². The molecule has 0 radical (unpaired) electrons. The second-order valence-electron chi connectivity index (χ2n) is 9.22. The Morgan fingerprint density at radius 3 is 2.29 bits per heavy atom. The summed E-state index contributed by atoms with van der Waals surface area (Å²) in [5, 5.41) is 0. The van der Waals surface area contributed by atoms with Crippen LogP contribution in [0.1, 0.15) is 91.4 Å². The Balaban J connectivity index is 1.56. The molecule has 1 aliphatic rings. The van der Waals surface area contributed by atoms with Crippen molar-refractivity contribution in [1.29, 1.82) is 0 Å². The summed E-state index contributed by atoms with van der Waals surface area (Å²) in [5.74, 6) is 1.52. The van der Waals surface area contributed by atoms with Gasteiger partial charge in [0.1, 0.15) is 0 Å². The summed E-state index contributed by atoms with van der Waals surface area (Å²) in [7, 11) is 0. The minimum Gasteiger partial charge on any atom is -0.0648 e. The molecule has 1 aromatic rings. The molecule has 2 unspecified atom stereocenters. The minimum atomic E-state index is -0.0264. The van der Waals surface area contributed by atoms with E-state index in [1.807, 2.05) is 23.1 Å². The Hall–Kier alpha value is -1.38. The van der Waals surface area contributed by atoms with E-state index in [2.05, 4.69) is 32.1 Å². The molecule has 0 saturated heterocycles. The normalized spacial score (nSPS) is 15.8. The maximum atomic E-state index is 12.2. The zero-order chi connectivity index (χ0) is 22.5. The molecule has 3 nitrogen and oxygen atoms in total. The van der Waals surface area contributed by atoms with E-state index in [4.69, 9.17) is 0 Å². The molecule has 172 valence electrons. The van der Waals surface area contributed by atoms with Gasteiger partial charge in [0.15, 0.2) is 0 Å². The molecule has 2 rings (SSSR count). The molecule has 1 amide bonds. The topological polar surface area (TPSA) is 37.4 Å². The molecule has 0 bridgehead atoms. The fourth-order valence-electron chi connectivity index (χ4n) is 4.29. The van der Waals surface area contributed by atoms with Gasteiger partial charge in [-0.2, -0.15) is 0 Å². The Bertz CT molecular complexity index is 700. The third-order valence-corrected chi connectivity index (χ3v) is 8.26. The van der Waals surface area contributed by atoms with E-state index in [-0.39, 0.29) is 20.9 Å². The van der Waals surface area contributed by atoms with E-state index >= 15 is 0 Å². The van der Waals surface area contributed by atoms with Gasteiger partial charge in [0.25, 0.3) is 0 Å². The van der Waals surface area contributed by atoms with Crippen molar-refractivity contribution in [3.8, 4) is 0 Å². The quantitative estimate of drug-likeness (QED) is 0.307. The van der Waals surface area contributed by atoms with Gasteiger partial charge in [-0.3, -0.25) is 4.79 Å². The second-order valence-corrected chi connectivity index (χ2v) is 11.6. The summed E-state index contributed by atoms with van der Waals surface area (Å²) >= 11 is -0.0264. The minimum absolute atomic E-state index is 0.0264. The van der Waals surface area contributed by atoms with Crippen molar-refractivity contribution in [2.75, 3.05) is 6.54 Å². The molecule has 0 spiro atoms. The van der Waals surface area contributed by atoms with Gasteiger partial charge in [0, 0.05) is 12.6 Å².